The van der Waals surface area contributed by atoms with Crippen LogP contribution in [0.1, 0.15) is 44.0 Å². The van der Waals surface area contributed by atoms with E-state index < -0.39 is 23.2 Å². The Labute approximate surface area is 168 Å². The van der Waals surface area contributed by atoms with Gasteiger partial charge < -0.3 is 19.6 Å². The van der Waals surface area contributed by atoms with Crippen molar-refractivity contribution in [2.24, 2.45) is 5.73 Å². The van der Waals surface area contributed by atoms with E-state index in [-0.39, 0.29) is 29.8 Å². The maximum absolute atomic E-state index is 12.4. The molecule has 0 aliphatic heterocycles. The number of carboxylic acids is 1. The fourth-order valence-corrected chi connectivity index (χ4v) is 2.73. The van der Waals surface area contributed by atoms with Crippen molar-refractivity contribution >= 4 is 22.8 Å². The lowest BCUT2D eigenvalue weighted by Crippen LogP contribution is -2.31. The molecule has 0 saturated carbocycles. The van der Waals surface area contributed by atoms with Gasteiger partial charge in [-0.3, -0.25) is 20.0 Å². The number of aromatic carboxylic acids is 1. The Morgan fingerprint density at radius 3 is 2.48 bits per heavy atom. The van der Waals surface area contributed by atoms with Crippen LogP contribution < -0.4 is 20.9 Å². The maximum Gasteiger partial charge on any atom is 0.341 e. The van der Waals surface area contributed by atoms with Crippen molar-refractivity contribution in [3.05, 3.63) is 40.2 Å². The molecule has 0 bridgehead atoms. The lowest BCUT2D eigenvalue weighted by molar-refractivity contribution is -0.155. The van der Waals surface area contributed by atoms with Crippen LogP contribution in [0.4, 0.5) is 0 Å². The molecule has 3 N–H and O–H groups in total. The highest BCUT2D eigenvalue weighted by Crippen LogP contribution is 2.21. The lowest BCUT2D eigenvalue weighted by Gasteiger charge is -2.22. The van der Waals surface area contributed by atoms with Crippen LogP contribution in [0, 0.1) is 0 Å². The summed E-state index contributed by atoms with van der Waals surface area (Å²) in [6.07, 6.45) is 0.874. The van der Waals surface area contributed by atoms with Gasteiger partial charge in [0.2, 0.25) is 5.43 Å². The smallest absolute Gasteiger partial charge is 0.341 e. The number of fused-ring (bicyclic) bond motifs is 1. The molecule has 1 atom stereocenters. The zero-order valence-corrected chi connectivity index (χ0v) is 17.3. The number of nitrogens with zero attached hydrogens (tertiary/aromatic N) is 2. The first-order valence-electron chi connectivity index (χ1n) is 9.13. The van der Waals surface area contributed by atoms with E-state index in [4.69, 9.17) is 15.2 Å². The summed E-state index contributed by atoms with van der Waals surface area (Å²) >= 11 is 0. The van der Waals surface area contributed by atoms with Crippen molar-refractivity contribution in [1.29, 1.82) is 0 Å². The van der Waals surface area contributed by atoms with Gasteiger partial charge in [-0.05, 0) is 32.9 Å². The van der Waals surface area contributed by atoms with Crippen LogP contribution in [0.15, 0.2) is 29.2 Å². The van der Waals surface area contributed by atoms with Crippen molar-refractivity contribution in [1.82, 2.24) is 4.68 Å². The molecular formula is C20H27N3O6. The van der Waals surface area contributed by atoms with Gasteiger partial charge in [0.15, 0.2) is 0 Å². The minimum Gasteiger partial charge on any atom is -0.477 e. The van der Waals surface area contributed by atoms with Crippen LogP contribution >= 0.6 is 0 Å². The highest BCUT2D eigenvalue weighted by Gasteiger charge is 2.19. The zero-order chi connectivity index (χ0) is 21.9. The first-order valence-corrected chi connectivity index (χ1v) is 9.13. The summed E-state index contributed by atoms with van der Waals surface area (Å²) in [7, 11) is 3.44. The summed E-state index contributed by atoms with van der Waals surface area (Å²) in [5.74, 6) is -1.26. The molecule has 9 heteroatoms. The number of hydrogen-bond acceptors (Lipinski definition) is 7. The second-order valence-corrected chi connectivity index (χ2v) is 7.83. The van der Waals surface area contributed by atoms with Crippen molar-refractivity contribution in [2.75, 3.05) is 19.1 Å². The van der Waals surface area contributed by atoms with Gasteiger partial charge in [0.25, 0.3) is 0 Å². The predicted molar refractivity (Wildman–Crippen MR) is 109 cm³/mol. The molecule has 2 rings (SSSR count). The molecular weight excluding hydrogens is 378 g/mol. The van der Waals surface area contributed by atoms with E-state index in [2.05, 4.69) is 0 Å². The predicted octanol–water partition coefficient (Wildman–Crippen LogP) is 1.68. The average Bonchev–Trinajstić information content (AvgIpc) is 2.58. The molecule has 0 aliphatic carbocycles. The number of benzene rings is 1. The minimum absolute atomic E-state index is 0.108. The number of ether oxygens (including phenoxy) is 2. The van der Waals surface area contributed by atoms with Crippen LogP contribution in [0.2, 0.25) is 0 Å². The number of esters is 1. The van der Waals surface area contributed by atoms with E-state index in [1.165, 1.54) is 12.3 Å². The Hall–Kier alpha value is -3.07. The minimum atomic E-state index is -1.29. The van der Waals surface area contributed by atoms with Gasteiger partial charge in [0.1, 0.15) is 23.1 Å². The van der Waals surface area contributed by atoms with Crippen molar-refractivity contribution in [3.63, 3.8) is 0 Å². The van der Waals surface area contributed by atoms with Crippen molar-refractivity contribution < 1.29 is 24.2 Å². The first kappa shape index (κ1) is 22.2. The normalized spacial score (nSPS) is 12.5. The molecule has 1 aromatic carbocycles. The molecule has 1 heterocycles. The Balaban J connectivity index is 2.24. The summed E-state index contributed by atoms with van der Waals surface area (Å²) in [6, 6.07) is 4.65. The standard InChI is InChI=1S/C20H27N3O6/c1-20(2,3)29-17(24)9-8-16(21)28-12-6-7-13-15(10-12)23(22(4)5)11-14(18(13)25)19(26)27/h6-7,10-11,16H,8-9,21H2,1-5H3,(H,26,27). The summed E-state index contributed by atoms with van der Waals surface area (Å²) in [5.41, 5.74) is 4.97. The van der Waals surface area contributed by atoms with Gasteiger partial charge in [-0.1, -0.05) is 0 Å². The molecule has 0 saturated heterocycles. The second kappa shape index (κ2) is 8.52. The van der Waals surface area contributed by atoms with Crippen LogP contribution in [0.25, 0.3) is 10.9 Å². The number of carbonyl (C=O) groups excluding carboxylic acids is 1. The fraction of sp³-hybridized carbons (Fsp3) is 0.450. The van der Waals surface area contributed by atoms with E-state index in [1.54, 1.807) is 56.7 Å². The molecule has 9 nitrogen and oxygen atoms in total. The van der Waals surface area contributed by atoms with Crippen LogP contribution in [-0.2, 0) is 9.53 Å². The number of rotatable bonds is 7. The van der Waals surface area contributed by atoms with Gasteiger partial charge in [-0.2, -0.15) is 0 Å². The quantitative estimate of drug-likeness (QED) is 0.527. The molecule has 0 aliphatic rings. The zero-order valence-electron chi connectivity index (χ0n) is 17.3. The molecule has 2 aromatic rings. The number of hydrogen-bond donors (Lipinski definition) is 2. The van der Waals surface area contributed by atoms with E-state index >= 15 is 0 Å². The highest BCUT2D eigenvalue weighted by molar-refractivity contribution is 5.93. The summed E-state index contributed by atoms with van der Waals surface area (Å²) in [4.78, 5) is 35.6. The number of carbonyl (C=O) groups is 2. The van der Waals surface area contributed by atoms with Crippen LogP contribution in [-0.4, -0.2) is 47.6 Å². The van der Waals surface area contributed by atoms with E-state index in [0.29, 0.717) is 11.3 Å². The Morgan fingerprint density at radius 1 is 1.28 bits per heavy atom. The third-order valence-electron chi connectivity index (χ3n) is 3.96. The second-order valence-electron chi connectivity index (χ2n) is 7.83. The third-order valence-corrected chi connectivity index (χ3v) is 3.96. The maximum atomic E-state index is 12.4. The number of carboxylic acid groups (broad SMARTS) is 1. The molecule has 0 fully saturated rings. The molecule has 158 valence electrons. The number of pyridine rings is 1. The summed E-state index contributed by atoms with van der Waals surface area (Å²) in [6.45, 7) is 5.36. The monoisotopic (exact) mass is 405 g/mol. The third kappa shape index (κ3) is 5.71. The lowest BCUT2D eigenvalue weighted by atomic mass is 10.1. The summed E-state index contributed by atoms with van der Waals surface area (Å²) < 4.78 is 12.5. The highest BCUT2D eigenvalue weighted by atomic mass is 16.6. The number of aromatic nitrogens is 1. The largest absolute Gasteiger partial charge is 0.477 e. The van der Waals surface area contributed by atoms with Gasteiger partial charge in [-0.15, -0.1) is 0 Å². The Morgan fingerprint density at radius 2 is 1.93 bits per heavy atom. The molecule has 1 aromatic heterocycles. The fourth-order valence-electron chi connectivity index (χ4n) is 2.73. The van der Waals surface area contributed by atoms with Gasteiger partial charge in [-0.25, -0.2) is 4.79 Å². The molecule has 0 spiro atoms. The molecule has 29 heavy (non-hydrogen) atoms. The van der Waals surface area contributed by atoms with Gasteiger partial charge >= 0.3 is 11.9 Å². The Kier molecular flexibility index (Phi) is 6.53. The number of nitrogens with two attached hydrogens (primary N) is 1. The van der Waals surface area contributed by atoms with E-state index in [0.717, 1.165) is 0 Å². The van der Waals surface area contributed by atoms with Crippen LogP contribution in [0.3, 0.4) is 0 Å². The van der Waals surface area contributed by atoms with Crippen molar-refractivity contribution in [3.8, 4) is 5.75 Å². The van der Waals surface area contributed by atoms with Crippen LogP contribution in [0.5, 0.6) is 5.75 Å². The topological polar surface area (TPSA) is 124 Å². The van der Waals surface area contributed by atoms with Crippen molar-refractivity contribution in [2.45, 2.75) is 45.4 Å². The molecule has 0 radical (unpaired) electrons. The van der Waals surface area contributed by atoms with E-state index in [1.807, 2.05) is 0 Å². The average molecular weight is 405 g/mol. The van der Waals surface area contributed by atoms with Gasteiger partial charge in [0, 0.05) is 38.2 Å². The summed E-state index contributed by atoms with van der Waals surface area (Å²) in [5, 5.41) is 11.2. The first-order chi connectivity index (χ1) is 13.4. The molecule has 1 unspecified atom stereocenters. The molecule has 0 amide bonds. The Bertz CT molecular complexity index is 975. The van der Waals surface area contributed by atoms with E-state index in [9.17, 15) is 19.5 Å². The SMILES string of the molecule is CN(C)n1cc(C(=O)O)c(=O)c2ccc(OC(N)CCC(=O)OC(C)(C)C)cc21. The van der Waals surface area contributed by atoms with Gasteiger partial charge in [0.05, 0.1) is 11.9 Å².